The standard InChI is InChI=1S/C21H39NO6/c1-15(2)12-17(22-20(25)28-21(3,4)5)18(24)13-16(14-23)9-11-27-19-8-6-7-10-26-19/h13,15,17-19,23-24H,6-12,14H2,1-5H3,(H,22,25)/t17-,18-,19?/m0/s1. The molecule has 1 rings (SSSR count). The molecule has 0 saturated carbocycles. The van der Waals surface area contributed by atoms with Gasteiger partial charge in [-0.3, -0.25) is 0 Å². The molecule has 7 nitrogen and oxygen atoms in total. The van der Waals surface area contributed by atoms with Crippen LogP contribution in [0.3, 0.4) is 0 Å². The van der Waals surface area contributed by atoms with E-state index in [1.165, 1.54) is 0 Å². The first-order valence-corrected chi connectivity index (χ1v) is 10.3. The molecule has 7 heteroatoms. The van der Waals surface area contributed by atoms with Crippen LogP contribution in [0.15, 0.2) is 11.6 Å². The lowest BCUT2D eigenvalue weighted by molar-refractivity contribution is -0.161. The largest absolute Gasteiger partial charge is 0.444 e. The fraction of sp³-hybridized carbons (Fsp3) is 0.857. The molecule has 0 radical (unpaired) electrons. The average Bonchev–Trinajstić information content (AvgIpc) is 2.59. The van der Waals surface area contributed by atoms with Crippen LogP contribution in [0, 0.1) is 5.92 Å². The van der Waals surface area contributed by atoms with Crippen LogP contribution in [-0.2, 0) is 14.2 Å². The van der Waals surface area contributed by atoms with Crippen molar-refractivity contribution in [3.8, 4) is 0 Å². The van der Waals surface area contributed by atoms with Crippen molar-refractivity contribution in [2.24, 2.45) is 5.92 Å². The predicted molar refractivity (Wildman–Crippen MR) is 108 cm³/mol. The second-order valence-corrected chi connectivity index (χ2v) is 8.77. The van der Waals surface area contributed by atoms with Gasteiger partial charge in [-0.2, -0.15) is 0 Å². The van der Waals surface area contributed by atoms with Crippen molar-refractivity contribution in [3.63, 3.8) is 0 Å². The van der Waals surface area contributed by atoms with Crippen LogP contribution in [-0.4, -0.2) is 60.2 Å². The van der Waals surface area contributed by atoms with Gasteiger partial charge in [-0.15, -0.1) is 0 Å². The van der Waals surface area contributed by atoms with Crippen LogP contribution in [0.2, 0.25) is 0 Å². The van der Waals surface area contributed by atoms with Crippen LogP contribution in [0.25, 0.3) is 0 Å². The molecule has 1 aliphatic heterocycles. The fourth-order valence-corrected chi connectivity index (χ4v) is 2.99. The molecule has 1 unspecified atom stereocenters. The number of hydrogen-bond acceptors (Lipinski definition) is 6. The zero-order chi connectivity index (χ0) is 21.2. The van der Waals surface area contributed by atoms with Crippen molar-refractivity contribution in [1.82, 2.24) is 5.32 Å². The van der Waals surface area contributed by atoms with Crippen molar-refractivity contribution < 1.29 is 29.2 Å². The van der Waals surface area contributed by atoms with Crippen LogP contribution in [0.1, 0.15) is 66.7 Å². The normalized spacial score (nSPS) is 20.7. The molecule has 0 aliphatic carbocycles. The average molecular weight is 402 g/mol. The van der Waals surface area contributed by atoms with Gasteiger partial charge in [-0.25, -0.2) is 4.79 Å². The maximum absolute atomic E-state index is 12.1. The summed E-state index contributed by atoms with van der Waals surface area (Å²) in [5, 5.41) is 23.0. The van der Waals surface area contributed by atoms with Crippen LogP contribution in [0.4, 0.5) is 4.79 Å². The van der Waals surface area contributed by atoms with Gasteiger partial charge in [0.05, 0.1) is 25.4 Å². The Morgan fingerprint density at radius 1 is 1.32 bits per heavy atom. The van der Waals surface area contributed by atoms with Crippen molar-refractivity contribution in [2.45, 2.75) is 90.8 Å². The zero-order valence-electron chi connectivity index (χ0n) is 18.1. The first-order valence-electron chi connectivity index (χ1n) is 10.3. The summed E-state index contributed by atoms with van der Waals surface area (Å²) >= 11 is 0. The number of aliphatic hydroxyl groups excluding tert-OH is 2. The summed E-state index contributed by atoms with van der Waals surface area (Å²) in [6.07, 6.45) is 4.07. The van der Waals surface area contributed by atoms with E-state index in [9.17, 15) is 15.0 Å². The van der Waals surface area contributed by atoms with E-state index in [0.29, 0.717) is 25.0 Å². The molecule has 1 amide bonds. The van der Waals surface area contributed by atoms with Gasteiger partial charge in [0.2, 0.25) is 0 Å². The second-order valence-electron chi connectivity index (χ2n) is 8.77. The number of carbonyl (C=O) groups excluding carboxylic acids is 1. The quantitative estimate of drug-likeness (QED) is 0.487. The van der Waals surface area contributed by atoms with E-state index in [2.05, 4.69) is 5.32 Å². The fourth-order valence-electron chi connectivity index (χ4n) is 2.99. The number of nitrogens with one attached hydrogen (secondary N) is 1. The molecule has 0 bridgehead atoms. The number of aliphatic hydroxyl groups is 2. The van der Waals surface area contributed by atoms with Gasteiger partial charge in [-0.1, -0.05) is 19.9 Å². The summed E-state index contributed by atoms with van der Waals surface area (Å²) < 4.78 is 16.5. The zero-order valence-corrected chi connectivity index (χ0v) is 18.1. The molecule has 1 heterocycles. The summed E-state index contributed by atoms with van der Waals surface area (Å²) in [6, 6.07) is -0.501. The highest BCUT2D eigenvalue weighted by molar-refractivity contribution is 5.68. The maximum atomic E-state index is 12.1. The van der Waals surface area contributed by atoms with E-state index < -0.39 is 23.8 Å². The Bertz CT molecular complexity index is 480. The topological polar surface area (TPSA) is 97.3 Å². The van der Waals surface area contributed by atoms with Crippen molar-refractivity contribution in [1.29, 1.82) is 0 Å². The van der Waals surface area contributed by atoms with Gasteiger partial charge in [0.25, 0.3) is 0 Å². The maximum Gasteiger partial charge on any atom is 0.407 e. The third-order valence-electron chi connectivity index (χ3n) is 4.31. The van der Waals surface area contributed by atoms with Gasteiger partial charge < -0.3 is 29.7 Å². The molecule has 0 aromatic heterocycles. The Morgan fingerprint density at radius 2 is 2.04 bits per heavy atom. The van der Waals surface area contributed by atoms with Crippen molar-refractivity contribution in [3.05, 3.63) is 11.6 Å². The minimum atomic E-state index is -0.928. The van der Waals surface area contributed by atoms with E-state index in [1.54, 1.807) is 26.8 Å². The number of amides is 1. The lowest BCUT2D eigenvalue weighted by Crippen LogP contribution is -2.45. The molecule has 164 valence electrons. The highest BCUT2D eigenvalue weighted by atomic mass is 16.7. The number of alkyl carbamates (subject to hydrolysis) is 1. The van der Waals surface area contributed by atoms with Crippen LogP contribution in [0.5, 0.6) is 0 Å². The van der Waals surface area contributed by atoms with E-state index in [4.69, 9.17) is 14.2 Å². The van der Waals surface area contributed by atoms with Crippen molar-refractivity contribution in [2.75, 3.05) is 19.8 Å². The number of carbonyl (C=O) groups is 1. The summed E-state index contributed by atoms with van der Waals surface area (Å²) in [4.78, 5) is 12.1. The van der Waals surface area contributed by atoms with Gasteiger partial charge in [0.15, 0.2) is 6.29 Å². The molecule has 0 aromatic rings. The SMILES string of the molecule is CC(C)C[C@H](NC(=O)OC(C)(C)C)[C@@H](O)C=C(CO)CCOC1CCCCO1. The molecule has 3 atom stereocenters. The second kappa shape index (κ2) is 12.4. The molecule has 28 heavy (non-hydrogen) atoms. The van der Waals surface area contributed by atoms with E-state index in [0.717, 1.165) is 25.9 Å². The summed E-state index contributed by atoms with van der Waals surface area (Å²) in [5.41, 5.74) is 0.0604. The van der Waals surface area contributed by atoms with E-state index in [1.807, 2.05) is 13.8 Å². The van der Waals surface area contributed by atoms with Crippen LogP contribution >= 0.6 is 0 Å². The highest BCUT2D eigenvalue weighted by Crippen LogP contribution is 2.16. The first kappa shape index (κ1) is 24.9. The first-order chi connectivity index (χ1) is 13.1. The predicted octanol–water partition coefficient (Wildman–Crippen LogP) is 3.14. The molecule has 0 spiro atoms. The lowest BCUT2D eigenvalue weighted by Gasteiger charge is -2.27. The molecule has 1 fully saturated rings. The molecule has 1 aliphatic rings. The molecular formula is C21H39NO6. The molecule has 0 aromatic carbocycles. The number of rotatable bonds is 10. The smallest absolute Gasteiger partial charge is 0.407 e. The number of ether oxygens (including phenoxy) is 3. The third kappa shape index (κ3) is 11.0. The Hall–Kier alpha value is -1.15. The minimum Gasteiger partial charge on any atom is -0.444 e. The summed E-state index contributed by atoms with van der Waals surface area (Å²) in [6.45, 7) is 10.4. The Balaban J connectivity index is 2.61. The molecule has 3 N–H and O–H groups in total. The minimum absolute atomic E-state index is 0.174. The van der Waals surface area contributed by atoms with Crippen molar-refractivity contribution >= 4 is 6.09 Å². The Labute approximate surface area is 169 Å². The van der Waals surface area contributed by atoms with Gasteiger partial charge in [-0.05, 0) is 64.4 Å². The Morgan fingerprint density at radius 3 is 2.57 bits per heavy atom. The Kier molecular flexibility index (Phi) is 11.0. The van der Waals surface area contributed by atoms with E-state index in [-0.39, 0.29) is 18.8 Å². The monoisotopic (exact) mass is 401 g/mol. The number of hydrogen-bond donors (Lipinski definition) is 3. The van der Waals surface area contributed by atoms with Gasteiger partial charge >= 0.3 is 6.09 Å². The third-order valence-corrected chi connectivity index (χ3v) is 4.31. The summed E-state index contributed by atoms with van der Waals surface area (Å²) in [5.74, 6) is 0.271. The highest BCUT2D eigenvalue weighted by Gasteiger charge is 2.24. The van der Waals surface area contributed by atoms with Gasteiger partial charge in [0.1, 0.15) is 5.60 Å². The summed E-state index contributed by atoms with van der Waals surface area (Å²) in [7, 11) is 0. The molecular weight excluding hydrogens is 362 g/mol. The molecule has 1 saturated heterocycles. The van der Waals surface area contributed by atoms with Gasteiger partial charge in [0, 0.05) is 6.61 Å². The van der Waals surface area contributed by atoms with Crippen LogP contribution < -0.4 is 5.32 Å². The van der Waals surface area contributed by atoms with E-state index >= 15 is 0 Å². The lowest BCUT2D eigenvalue weighted by atomic mass is 9.97.